The van der Waals surface area contributed by atoms with E-state index in [0.29, 0.717) is 25.7 Å². The van der Waals surface area contributed by atoms with Crippen molar-refractivity contribution < 1.29 is 39.0 Å². The molecular formula is C34H61N7O8. The monoisotopic (exact) mass is 695 g/mol. The van der Waals surface area contributed by atoms with Crippen LogP contribution in [0, 0.1) is 29.6 Å². The number of primary amides is 1. The van der Waals surface area contributed by atoms with Crippen molar-refractivity contribution in [2.75, 3.05) is 6.61 Å². The predicted octanol–water partition coefficient (Wildman–Crippen LogP) is -0.685. The van der Waals surface area contributed by atoms with Gasteiger partial charge >= 0.3 is 0 Å². The van der Waals surface area contributed by atoms with Gasteiger partial charge in [-0.15, -0.1) is 0 Å². The standard InChI is InChI=1S/C34H61N7O8/c1-17(2)26(29(36)44)40-34(49)27(18(3)4)41-32(47)23-14-10-13-22(23)28(43)25(15-21-11-8-7-9-12-21)39-31(46)20(6)37-30(45)19(5)38-33(48)24(35)16-42/h17-28,42-43H,7-16,35H2,1-6H3,(H2,36,44)(H,37,45)(H,38,48)(H,39,46)(H,40,49)(H,41,47)/t19-,20-,22?,23?,24-,25?,26-,27-,28?/m0/s1. The highest BCUT2D eigenvalue weighted by Gasteiger charge is 2.43. The van der Waals surface area contributed by atoms with Crippen LogP contribution < -0.4 is 38.1 Å². The van der Waals surface area contributed by atoms with Crippen molar-refractivity contribution in [1.29, 1.82) is 0 Å². The molecule has 0 spiro atoms. The lowest BCUT2D eigenvalue weighted by atomic mass is 9.79. The van der Waals surface area contributed by atoms with E-state index in [0.717, 1.165) is 32.1 Å². The molecule has 0 aromatic carbocycles. The molecule has 0 saturated heterocycles. The summed E-state index contributed by atoms with van der Waals surface area (Å²) < 4.78 is 0. The molecule has 2 rings (SSSR count). The lowest BCUT2D eigenvalue weighted by Crippen LogP contribution is -2.58. The second-order valence-electron chi connectivity index (χ2n) is 14.7. The molecule has 2 aliphatic carbocycles. The fourth-order valence-electron chi connectivity index (χ4n) is 6.87. The molecule has 2 fully saturated rings. The first-order valence-electron chi connectivity index (χ1n) is 17.8. The first-order chi connectivity index (χ1) is 23.0. The van der Waals surface area contributed by atoms with Crippen molar-refractivity contribution in [2.24, 2.45) is 41.1 Å². The number of aliphatic hydroxyl groups excluding tert-OH is 2. The Morgan fingerprint density at radius 2 is 1.22 bits per heavy atom. The van der Waals surface area contributed by atoms with Gasteiger partial charge in [-0.25, -0.2) is 0 Å². The van der Waals surface area contributed by atoms with E-state index in [-0.39, 0.29) is 23.7 Å². The third-order valence-electron chi connectivity index (χ3n) is 9.95. The molecule has 0 heterocycles. The van der Waals surface area contributed by atoms with Crippen LogP contribution in [0.2, 0.25) is 0 Å². The van der Waals surface area contributed by atoms with E-state index < -0.39 is 90.3 Å². The number of hydrogen-bond donors (Lipinski definition) is 9. The van der Waals surface area contributed by atoms with Crippen LogP contribution in [0.5, 0.6) is 0 Å². The number of hydrogen-bond acceptors (Lipinski definition) is 9. The Balaban J connectivity index is 2.18. The Hall–Kier alpha value is -3.30. The van der Waals surface area contributed by atoms with Crippen LogP contribution >= 0.6 is 0 Å². The van der Waals surface area contributed by atoms with Crippen molar-refractivity contribution in [3.8, 4) is 0 Å². The number of carbonyl (C=O) groups is 6. The number of aliphatic hydroxyl groups is 2. The van der Waals surface area contributed by atoms with Gasteiger partial charge in [0.25, 0.3) is 0 Å². The summed E-state index contributed by atoms with van der Waals surface area (Å²) in [4.78, 5) is 77.0. The molecule has 0 aromatic heterocycles. The van der Waals surface area contributed by atoms with Gasteiger partial charge in [0.05, 0.1) is 18.8 Å². The van der Waals surface area contributed by atoms with Crippen LogP contribution in [0.1, 0.15) is 99.3 Å². The van der Waals surface area contributed by atoms with Gasteiger partial charge in [0, 0.05) is 5.92 Å². The lowest BCUT2D eigenvalue weighted by Gasteiger charge is -2.35. The van der Waals surface area contributed by atoms with Crippen LogP contribution in [0.4, 0.5) is 0 Å². The molecule has 0 bridgehead atoms. The molecule has 2 saturated carbocycles. The minimum absolute atomic E-state index is 0.244. The minimum Gasteiger partial charge on any atom is -0.394 e. The predicted molar refractivity (Wildman–Crippen MR) is 183 cm³/mol. The van der Waals surface area contributed by atoms with E-state index in [1.54, 1.807) is 27.7 Å². The molecule has 49 heavy (non-hydrogen) atoms. The third kappa shape index (κ3) is 12.5. The fourth-order valence-corrected chi connectivity index (χ4v) is 6.87. The van der Waals surface area contributed by atoms with Gasteiger partial charge in [-0.05, 0) is 56.8 Å². The second-order valence-corrected chi connectivity index (χ2v) is 14.7. The second kappa shape index (κ2) is 19.8. The summed E-state index contributed by atoms with van der Waals surface area (Å²) in [5, 5.41) is 34.4. The quantitative estimate of drug-likeness (QED) is 0.0879. The normalized spacial score (nSPS) is 22.6. The smallest absolute Gasteiger partial charge is 0.243 e. The molecule has 0 aliphatic heterocycles. The first kappa shape index (κ1) is 41.9. The highest BCUT2D eigenvalue weighted by atomic mass is 16.3. The van der Waals surface area contributed by atoms with Crippen LogP contribution in [-0.2, 0) is 28.8 Å². The average Bonchev–Trinajstić information content (AvgIpc) is 3.55. The molecule has 0 radical (unpaired) electrons. The molecule has 0 aromatic rings. The van der Waals surface area contributed by atoms with E-state index in [9.17, 15) is 33.9 Å². The van der Waals surface area contributed by atoms with Crippen molar-refractivity contribution in [3.05, 3.63) is 0 Å². The fraction of sp³-hybridized carbons (Fsp3) is 0.824. The molecular weight excluding hydrogens is 634 g/mol. The van der Waals surface area contributed by atoms with Gasteiger partial charge in [-0.1, -0.05) is 66.2 Å². The summed E-state index contributed by atoms with van der Waals surface area (Å²) in [5.74, 6) is -4.80. The van der Waals surface area contributed by atoms with Crippen LogP contribution in [-0.4, -0.2) is 94.6 Å². The zero-order chi connectivity index (χ0) is 37.0. The van der Waals surface area contributed by atoms with Crippen molar-refractivity contribution in [1.82, 2.24) is 26.6 Å². The SMILES string of the molecule is CC(C)[C@H](NC(=O)[C@@H](NC(=O)C1CCCC1C(O)C(CC1CCCCC1)NC(=O)[C@H](C)NC(=O)[C@H](C)NC(=O)[C@@H](N)CO)C(C)C)C(N)=O. The van der Waals surface area contributed by atoms with Crippen molar-refractivity contribution in [3.63, 3.8) is 0 Å². The first-order valence-corrected chi connectivity index (χ1v) is 17.8. The number of rotatable bonds is 18. The van der Waals surface area contributed by atoms with Gasteiger partial charge in [0.2, 0.25) is 35.4 Å². The molecule has 6 amide bonds. The van der Waals surface area contributed by atoms with Gasteiger partial charge in [0.15, 0.2) is 0 Å². The number of nitrogens with one attached hydrogen (secondary N) is 5. The lowest BCUT2D eigenvalue weighted by molar-refractivity contribution is -0.135. The van der Waals surface area contributed by atoms with Crippen LogP contribution in [0.25, 0.3) is 0 Å². The molecule has 9 atom stereocenters. The number of carbonyl (C=O) groups excluding carboxylic acids is 6. The highest BCUT2D eigenvalue weighted by molar-refractivity contribution is 5.93. The number of amides is 6. The summed E-state index contributed by atoms with van der Waals surface area (Å²) in [7, 11) is 0. The Kier molecular flexibility index (Phi) is 16.9. The summed E-state index contributed by atoms with van der Waals surface area (Å²) in [5.41, 5.74) is 11.0. The Bertz CT molecular complexity index is 1150. The molecule has 280 valence electrons. The Labute approximate surface area is 290 Å². The minimum atomic E-state index is -1.19. The average molecular weight is 696 g/mol. The molecule has 11 N–H and O–H groups in total. The largest absolute Gasteiger partial charge is 0.394 e. The summed E-state index contributed by atoms with van der Waals surface area (Å²) in [6, 6.07) is -5.74. The Morgan fingerprint density at radius 3 is 1.76 bits per heavy atom. The van der Waals surface area contributed by atoms with Gasteiger partial charge in [-0.3, -0.25) is 28.8 Å². The summed E-state index contributed by atoms with van der Waals surface area (Å²) >= 11 is 0. The Morgan fingerprint density at radius 1 is 0.673 bits per heavy atom. The van der Waals surface area contributed by atoms with Crippen molar-refractivity contribution >= 4 is 35.4 Å². The molecule has 15 nitrogen and oxygen atoms in total. The maximum Gasteiger partial charge on any atom is 0.243 e. The molecule has 15 heteroatoms. The maximum atomic E-state index is 13.7. The van der Waals surface area contributed by atoms with Crippen molar-refractivity contribution in [2.45, 2.75) is 142 Å². The van der Waals surface area contributed by atoms with Gasteiger partial charge in [-0.2, -0.15) is 0 Å². The maximum absolute atomic E-state index is 13.7. The highest BCUT2D eigenvalue weighted by Crippen LogP contribution is 2.38. The van der Waals surface area contributed by atoms with E-state index in [4.69, 9.17) is 16.6 Å². The van der Waals surface area contributed by atoms with E-state index >= 15 is 0 Å². The van der Waals surface area contributed by atoms with Crippen LogP contribution in [0.15, 0.2) is 0 Å². The van der Waals surface area contributed by atoms with Gasteiger partial charge in [0.1, 0.15) is 30.2 Å². The zero-order valence-electron chi connectivity index (χ0n) is 30.0. The van der Waals surface area contributed by atoms with Gasteiger partial charge < -0.3 is 48.3 Å². The van der Waals surface area contributed by atoms with Crippen LogP contribution in [0.3, 0.4) is 0 Å². The summed E-state index contributed by atoms with van der Waals surface area (Å²) in [6.45, 7) is 9.43. The summed E-state index contributed by atoms with van der Waals surface area (Å²) in [6.07, 6.45) is 6.31. The molecule has 2 aliphatic rings. The zero-order valence-corrected chi connectivity index (χ0v) is 30.0. The third-order valence-corrected chi connectivity index (χ3v) is 9.95. The topological polar surface area (TPSA) is 255 Å². The van der Waals surface area contributed by atoms with E-state index in [2.05, 4.69) is 26.6 Å². The molecule has 4 unspecified atom stereocenters. The number of nitrogens with two attached hydrogens (primary N) is 2. The van der Waals surface area contributed by atoms with E-state index in [1.807, 2.05) is 0 Å². The van der Waals surface area contributed by atoms with E-state index in [1.165, 1.54) is 13.8 Å².